The molecule has 1 aromatic rings. The lowest BCUT2D eigenvalue weighted by Crippen LogP contribution is -2.19. The average molecular weight is 232 g/mol. The van der Waals surface area contributed by atoms with Crippen molar-refractivity contribution in [1.29, 1.82) is 0 Å². The second-order valence-corrected chi connectivity index (χ2v) is 5.02. The molecular weight excluding hydrogens is 208 g/mol. The van der Waals surface area contributed by atoms with Crippen LogP contribution in [0.25, 0.3) is 0 Å². The first-order chi connectivity index (χ1) is 8.33. The first kappa shape index (κ1) is 12.4. The Balaban J connectivity index is 2.22. The summed E-state index contributed by atoms with van der Waals surface area (Å²) in [7, 11) is 0. The van der Waals surface area contributed by atoms with E-state index in [1.165, 1.54) is 62.3 Å². The summed E-state index contributed by atoms with van der Waals surface area (Å²) >= 11 is 0. The molecule has 1 aliphatic heterocycles. The zero-order valence-corrected chi connectivity index (χ0v) is 11.2. The Labute approximate surface area is 105 Å². The van der Waals surface area contributed by atoms with Crippen LogP contribution in [0.5, 0.6) is 0 Å². The van der Waals surface area contributed by atoms with Gasteiger partial charge in [-0.15, -0.1) is 0 Å². The molecule has 1 aliphatic rings. The van der Waals surface area contributed by atoms with Crippen LogP contribution in [-0.2, 0) is 12.8 Å². The normalized spacial score (nSPS) is 15.5. The summed E-state index contributed by atoms with van der Waals surface area (Å²) in [5.74, 6) is 1.22. The minimum atomic E-state index is 1.11. The number of nitrogens with zero attached hydrogens (tertiary/aromatic N) is 2. The Morgan fingerprint density at radius 3 is 2.41 bits per heavy atom. The van der Waals surface area contributed by atoms with Crippen molar-refractivity contribution in [2.24, 2.45) is 0 Å². The van der Waals surface area contributed by atoms with E-state index in [-0.39, 0.29) is 0 Å². The molecule has 0 bridgehead atoms. The molecule has 1 aromatic heterocycles. The molecule has 1 fully saturated rings. The zero-order valence-electron chi connectivity index (χ0n) is 11.2. The molecule has 0 N–H and O–H groups in total. The van der Waals surface area contributed by atoms with E-state index in [0.29, 0.717) is 0 Å². The fourth-order valence-electron chi connectivity index (χ4n) is 2.56. The van der Waals surface area contributed by atoms with Gasteiger partial charge in [0, 0.05) is 18.8 Å². The fraction of sp³-hybridized carbons (Fsp3) is 0.667. The molecule has 0 aromatic carbocycles. The van der Waals surface area contributed by atoms with Gasteiger partial charge in [-0.25, -0.2) is 4.98 Å². The predicted octanol–water partition coefficient (Wildman–Crippen LogP) is 3.59. The molecule has 0 spiro atoms. The van der Waals surface area contributed by atoms with Gasteiger partial charge in [0.25, 0.3) is 0 Å². The summed E-state index contributed by atoms with van der Waals surface area (Å²) in [4.78, 5) is 7.26. The molecule has 0 aliphatic carbocycles. The van der Waals surface area contributed by atoms with Gasteiger partial charge >= 0.3 is 0 Å². The number of aromatic nitrogens is 1. The molecule has 0 atom stereocenters. The van der Waals surface area contributed by atoms with Gasteiger partial charge in [0.15, 0.2) is 0 Å². The zero-order chi connectivity index (χ0) is 12.1. The van der Waals surface area contributed by atoms with Gasteiger partial charge in [0.2, 0.25) is 0 Å². The van der Waals surface area contributed by atoms with E-state index in [9.17, 15) is 0 Å². The molecular formula is C15H24N2. The van der Waals surface area contributed by atoms with Crippen LogP contribution in [0.4, 0.5) is 5.82 Å². The molecule has 2 rings (SSSR count). The van der Waals surface area contributed by atoms with Crippen LogP contribution in [-0.4, -0.2) is 18.1 Å². The van der Waals surface area contributed by atoms with Crippen molar-refractivity contribution in [3.8, 4) is 0 Å². The third kappa shape index (κ3) is 3.21. The summed E-state index contributed by atoms with van der Waals surface area (Å²) < 4.78 is 0. The summed E-state index contributed by atoms with van der Waals surface area (Å²) in [6, 6.07) is 4.60. The number of anilines is 1. The predicted molar refractivity (Wildman–Crippen MR) is 73.7 cm³/mol. The van der Waals surface area contributed by atoms with E-state index in [2.05, 4.69) is 30.9 Å². The van der Waals surface area contributed by atoms with E-state index in [1.807, 2.05) is 0 Å². The van der Waals surface area contributed by atoms with Crippen LogP contribution in [0.15, 0.2) is 12.1 Å². The quantitative estimate of drug-likeness (QED) is 0.771. The maximum absolute atomic E-state index is 4.81. The lowest BCUT2D eigenvalue weighted by atomic mass is 10.1. The number of hydrogen-bond donors (Lipinski definition) is 0. The van der Waals surface area contributed by atoms with Crippen molar-refractivity contribution in [2.75, 3.05) is 18.0 Å². The maximum atomic E-state index is 4.81. The van der Waals surface area contributed by atoms with Crippen LogP contribution in [0.3, 0.4) is 0 Å². The maximum Gasteiger partial charge on any atom is 0.129 e. The second kappa shape index (κ2) is 6.04. The number of rotatable bonds is 5. The molecule has 0 unspecified atom stereocenters. The highest BCUT2D eigenvalue weighted by Gasteiger charge is 2.14. The van der Waals surface area contributed by atoms with Crippen LogP contribution in [0, 0.1) is 0 Å². The largest absolute Gasteiger partial charge is 0.357 e. The number of aryl methyl sites for hydroxylation is 2. The van der Waals surface area contributed by atoms with E-state index < -0.39 is 0 Å². The Kier molecular flexibility index (Phi) is 4.41. The summed E-state index contributed by atoms with van der Waals surface area (Å²) in [6.45, 7) is 6.85. The Morgan fingerprint density at radius 1 is 1.06 bits per heavy atom. The highest BCUT2D eigenvalue weighted by Crippen LogP contribution is 2.21. The Morgan fingerprint density at radius 2 is 1.76 bits per heavy atom. The van der Waals surface area contributed by atoms with Crippen molar-refractivity contribution in [2.45, 2.75) is 52.4 Å². The first-order valence-electron chi connectivity index (χ1n) is 7.08. The Bertz CT molecular complexity index is 330. The molecule has 0 saturated carbocycles. The standard InChI is InChI=1S/C15H24N2/c1-3-7-13-11-14(8-4-2)16-15(12-13)17-9-5-6-10-17/h11-12H,3-10H2,1-2H3. The number of hydrogen-bond acceptors (Lipinski definition) is 2. The monoisotopic (exact) mass is 232 g/mol. The highest BCUT2D eigenvalue weighted by molar-refractivity contribution is 5.43. The van der Waals surface area contributed by atoms with Gasteiger partial charge in [-0.1, -0.05) is 26.7 Å². The van der Waals surface area contributed by atoms with Gasteiger partial charge < -0.3 is 4.90 Å². The van der Waals surface area contributed by atoms with Gasteiger partial charge in [0.05, 0.1) is 0 Å². The van der Waals surface area contributed by atoms with Gasteiger partial charge in [-0.2, -0.15) is 0 Å². The van der Waals surface area contributed by atoms with E-state index >= 15 is 0 Å². The van der Waals surface area contributed by atoms with Crippen LogP contribution >= 0.6 is 0 Å². The summed E-state index contributed by atoms with van der Waals surface area (Å²) in [6.07, 6.45) is 7.33. The Hall–Kier alpha value is -1.05. The van der Waals surface area contributed by atoms with Crippen molar-refractivity contribution in [3.05, 3.63) is 23.4 Å². The smallest absolute Gasteiger partial charge is 0.129 e. The molecule has 2 nitrogen and oxygen atoms in total. The van der Waals surface area contributed by atoms with E-state index in [4.69, 9.17) is 4.98 Å². The van der Waals surface area contributed by atoms with E-state index in [0.717, 1.165) is 6.42 Å². The third-order valence-electron chi connectivity index (χ3n) is 3.40. The van der Waals surface area contributed by atoms with Crippen LogP contribution in [0.1, 0.15) is 50.8 Å². The molecule has 0 radical (unpaired) electrons. The van der Waals surface area contributed by atoms with E-state index in [1.54, 1.807) is 0 Å². The summed E-state index contributed by atoms with van der Waals surface area (Å²) in [5, 5.41) is 0. The summed E-state index contributed by atoms with van der Waals surface area (Å²) in [5.41, 5.74) is 2.74. The van der Waals surface area contributed by atoms with Crippen molar-refractivity contribution < 1.29 is 0 Å². The third-order valence-corrected chi connectivity index (χ3v) is 3.40. The first-order valence-corrected chi connectivity index (χ1v) is 7.08. The van der Waals surface area contributed by atoms with Crippen molar-refractivity contribution >= 4 is 5.82 Å². The van der Waals surface area contributed by atoms with Crippen molar-refractivity contribution in [3.63, 3.8) is 0 Å². The topological polar surface area (TPSA) is 16.1 Å². The van der Waals surface area contributed by atoms with Gasteiger partial charge in [-0.3, -0.25) is 0 Å². The highest BCUT2D eigenvalue weighted by atomic mass is 15.2. The molecule has 1 saturated heterocycles. The molecule has 2 heterocycles. The van der Waals surface area contributed by atoms with Crippen molar-refractivity contribution in [1.82, 2.24) is 4.98 Å². The average Bonchev–Trinajstić information content (AvgIpc) is 2.83. The van der Waals surface area contributed by atoms with Crippen LogP contribution in [0.2, 0.25) is 0 Å². The van der Waals surface area contributed by atoms with Crippen LogP contribution < -0.4 is 4.90 Å². The minimum Gasteiger partial charge on any atom is -0.357 e. The lowest BCUT2D eigenvalue weighted by molar-refractivity contribution is 0.843. The lowest BCUT2D eigenvalue weighted by Gasteiger charge is -2.18. The molecule has 0 amide bonds. The van der Waals surface area contributed by atoms with Gasteiger partial charge in [0.1, 0.15) is 5.82 Å². The van der Waals surface area contributed by atoms with Gasteiger partial charge in [-0.05, 0) is 43.4 Å². The SMILES string of the molecule is CCCc1cc(CCC)nc(N2CCCC2)c1. The molecule has 94 valence electrons. The fourth-order valence-corrected chi connectivity index (χ4v) is 2.56. The number of pyridine rings is 1. The molecule has 2 heteroatoms. The second-order valence-electron chi connectivity index (χ2n) is 5.02. The molecule has 17 heavy (non-hydrogen) atoms. The minimum absolute atomic E-state index is 1.11.